The number of hydrogen-bond acceptors (Lipinski definition) is 9. The molecule has 4 rings (SSSR count). The lowest BCUT2D eigenvalue weighted by Gasteiger charge is -2.11. The lowest BCUT2D eigenvalue weighted by Crippen LogP contribution is -2.15. The van der Waals surface area contributed by atoms with Crippen LogP contribution in [0.1, 0.15) is 16.1 Å². The van der Waals surface area contributed by atoms with E-state index in [1.165, 1.54) is 25.1 Å². The molecule has 0 radical (unpaired) electrons. The van der Waals surface area contributed by atoms with Crippen LogP contribution in [0.15, 0.2) is 88.7 Å². The minimum absolute atomic E-state index is 0.0254. The number of para-hydroxylation sites is 2. The molecule has 36 heavy (non-hydrogen) atoms. The summed E-state index contributed by atoms with van der Waals surface area (Å²) in [6.07, 6.45) is 0. The molecule has 0 bridgehead atoms. The zero-order chi connectivity index (χ0) is 26.0. The summed E-state index contributed by atoms with van der Waals surface area (Å²) in [5.41, 5.74) is -0.892. The summed E-state index contributed by atoms with van der Waals surface area (Å²) in [5, 5.41) is 26.6. The van der Waals surface area contributed by atoms with Gasteiger partial charge < -0.3 is 4.74 Å². The van der Waals surface area contributed by atoms with Gasteiger partial charge in [0.15, 0.2) is 4.90 Å². The maximum Gasteiger partial charge on any atom is 0.351 e. The monoisotopic (exact) mass is 508 g/mol. The fraction of sp³-hybridized carbons (Fsp3) is 0.0435. The van der Waals surface area contributed by atoms with Gasteiger partial charge in [-0.05, 0) is 37.3 Å². The number of hydrogen-bond donors (Lipinski definition) is 0. The van der Waals surface area contributed by atoms with Crippen LogP contribution in [-0.4, -0.2) is 34.0 Å². The van der Waals surface area contributed by atoms with E-state index >= 15 is 0 Å². The molecule has 1 heterocycles. The van der Waals surface area contributed by atoms with Crippen molar-refractivity contribution in [3.05, 3.63) is 110 Å². The summed E-state index contributed by atoms with van der Waals surface area (Å²) < 4.78 is 33.7. The standard InChI is InChI=1S/C23H16N4O8S/c1-15-21(36(33,34)18-13-11-17(12-14-18)26(29)30)22(25(24-15)16-7-3-2-4-8-16)35-23(28)19-9-5-6-10-20(19)27(31)32/h2-14H,1H3. The first kappa shape index (κ1) is 24.2. The number of aryl methyl sites for hydroxylation is 1. The van der Waals surface area contributed by atoms with Crippen molar-refractivity contribution < 1.29 is 27.8 Å². The van der Waals surface area contributed by atoms with Gasteiger partial charge in [0.2, 0.25) is 15.7 Å². The molecule has 0 unspecified atom stereocenters. The maximum absolute atomic E-state index is 13.6. The first-order chi connectivity index (χ1) is 17.1. The molecular weight excluding hydrogens is 492 g/mol. The maximum atomic E-state index is 13.6. The summed E-state index contributed by atoms with van der Waals surface area (Å²) in [6.45, 7) is 1.39. The van der Waals surface area contributed by atoms with Crippen LogP contribution in [0.4, 0.5) is 11.4 Å². The van der Waals surface area contributed by atoms with Crippen LogP contribution in [0.5, 0.6) is 5.88 Å². The third-order valence-corrected chi connectivity index (χ3v) is 7.00. The number of sulfone groups is 1. The molecule has 0 spiro atoms. The summed E-state index contributed by atoms with van der Waals surface area (Å²) in [7, 11) is -4.40. The summed E-state index contributed by atoms with van der Waals surface area (Å²) >= 11 is 0. The number of nitro benzene ring substituents is 2. The number of non-ortho nitro benzene ring substituents is 1. The number of carbonyl (C=O) groups excluding carboxylic acids is 1. The number of nitrogens with zero attached hydrogens (tertiary/aromatic N) is 4. The Morgan fingerprint density at radius 1 is 0.889 bits per heavy atom. The molecule has 0 amide bonds. The van der Waals surface area contributed by atoms with E-state index in [4.69, 9.17) is 4.74 Å². The second-order valence-corrected chi connectivity index (χ2v) is 9.27. The van der Waals surface area contributed by atoms with Gasteiger partial charge in [0.25, 0.3) is 11.4 Å². The van der Waals surface area contributed by atoms with Gasteiger partial charge in [-0.3, -0.25) is 20.2 Å². The first-order valence-corrected chi connectivity index (χ1v) is 11.7. The van der Waals surface area contributed by atoms with Crippen molar-refractivity contribution in [3.8, 4) is 11.6 Å². The van der Waals surface area contributed by atoms with E-state index in [0.29, 0.717) is 5.69 Å². The molecule has 0 N–H and O–H groups in total. The van der Waals surface area contributed by atoms with E-state index in [-0.39, 0.29) is 21.8 Å². The molecule has 0 aliphatic rings. The number of benzene rings is 3. The highest BCUT2D eigenvalue weighted by Gasteiger charge is 2.33. The average Bonchev–Trinajstić information content (AvgIpc) is 3.20. The number of ether oxygens (including phenoxy) is 1. The van der Waals surface area contributed by atoms with Crippen molar-refractivity contribution in [2.24, 2.45) is 0 Å². The number of esters is 1. The molecule has 0 atom stereocenters. The van der Waals surface area contributed by atoms with Gasteiger partial charge in [-0.1, -0.05) is 30.3 Å². The highest BCUT2D eigenvalue weighted by molar-refractivity contribution is 7.91. The van der Waals surface area contributed by atoms with Crippen LogP contribution >= 0.6 is 0 Å². The van der Waals surface area contributed by atoms with Crippen molar-refractivity contribution >= 4 is 27.2 Å². The molecule has 1 aromatic heterocycles. The number of carbonyl (C=O) groups is 1. The van der Waals surface area contributed by atoms with Crippen molar-refractivity contribution in [2.75, 3.05) is 0 Å². The Bertz CT molecular complexity index is 1600. The SMILES string of the molecule is Cc1nn(-c2ccccc2)c(OC(=O)c2ccccc2[N+](=O)[O-])c1S(=O)(=O)c1ccc([N+](=O)[O-])cc1. The minimum Gasteiger partial charge on any atom is -0.402 e. The van der Waals surface area contributed by atoms with E-state index < -0.39 is 42.1 Å². The van der Waals surface area contributed by atoms with Gasteiger partial charge in [-0.2, -0.15) is 9.78 Å². The van der Waals surface area contributed by atoms with Crippen LogP contribution in [0.25, 0.3) is 5.69 Å². The third-order valence-electron chi connectivity index (χ3n) is 5.10. The highest BCUT2D eigenvalue weighted by Crippen LogP contribution is 2.36. The second-order valence-electron chi connectivity index (χ2n) is 7.39. The van der Waals surface area contributed by atoms with Gasteiger partial charge in [-0.25, -0.2) is 13.2 Å². The van der Waals surface area contributed by atoms with Crippen molar-refractivity contribution in [3.63, 3.8) is 0 Å². The molecule has 0 fully saturated rings. The Hall–Kier alpha value is -4.91. The molecule has 12 nitrogen and oxygen atoms in total. The Morgan fingerprint density at radius 3 is 2.11 bits per heavy atom. The molecule has 182 valence electrons. The second kappa shape index (κ2) is 9.38. The lowest BCUT2D eigenvalue weighted by molar-refractivity contribution is -0.385. The van der Waals surface area contributed by atoms with Crippen LogP contribution in [0.3, 0.4) is 0 Å². The van der Waals surface area contributed by atoms with E-state index in [9.17, 15) is 33.4 Å². The molecule has 0 aliphatic heterocycles. The first-order valence-electron chi connectivity index (χ1n) is 10.2. The predicted molar refractivity (Wildman–Crippen MR) is 125 cm³/mol. The smallest absolute Gasteiger partial charge is 0.351 e. The largest absolute Gasteiger partial charge is 0.402 e. The fourth-order valence-electron chi connectivity index (χ4n) is 3.45. The number of nitro groups is 2. The van der Waals surface area contributed by atoms with Crippen molar-refractivity contribution in [1.29, 1.82) is 0 Å². The van der Waals surface area contributed by atoms with Crippen LogP contribution in [0, 0.1) is 27.2 Å². The fourth-order valence-corrected chi connectivity index (χ4v) is 4.97. The number of aromatic nitrogens is 2. The average molecular weight is 508 g/mol. The summed E-state index contributed by atoms with van der Waals surface area (Å²) in [5.74, 6) is -1.65. The summed E-state index contributed by atoms with van der Waals surface area (Å²) in [6, 6.07) is 17.5. The normalized spacial score (nSPS) is 11.1. The molecule has 0 aliphatic carbocycles. The molecule has 3 aromatic carbocycles. The van der Waals surface area contributed by atoms with Gasteiger partial charge in [0.1, 0.15) is 5.56 Å². The zero-order valence-electron chi connectivity index (χ0n) is 18.5. The number of rotatable bonds is 7. The van der Waals surface area contributed by atoms with E-state index in [0.717, 1.165) is 35.0 Å². The molecular formula is C23H16N4O8S. The third kappa shape index (κ3) is 4.42. The van der Waals surface area contributed by atoms with Gasteiger partial charge in [0.05, 0.1) is 26.1 Å². The topological polar surface area (TPSA) is 165 Å². The Morgan fingerprint density at radius 2 is 1.50 bits per heavy atom. The minimum atomic E-state index is -4.40. The quantitative estimate of drug-likeness (QED) is 0.203. The van der Waals surface area contributed by atoms with Crippen molar-refractivity contribution in [1.82, 2.24) is 9.78 Å². The molecule has 4 aromatic rings. The highest BCUT2D eigenvalue weighted by atomic mass is 32.2. The Balaban J connectivity index is 1.89. The van der Waals surface area contributed by atoms with Crippen molar-refractivity contribution in [2.45, 2.75) is 16.7 Å². The Kier molecular flexibility index (Phi) is 6.31. The zero-order valence-corrected chi connectivity index (χ0v) is 19.3. The molecule has 13 heteroatoms. The van der Waals surface area contributed by atoms with E-state index in [2.05, 4.69) is 5.10 Å². The van der Waals surface area contributed by atoms with Gasteiger partial charge >= 0.3 is 5.97 Å². The molecule has 0 saturated carbocycles. The van der Waals surface area contributed by atoms with Crippen LogP contribution in [0.2, 0.25) is 0 Å². The summed E-state index contributed by atoms with van der Waals surface area (Å²) in [4.78, 5) is 33.2. The Labute approximate surface area is 203 Å². The van der Waals surface area contributed by atoms with Gasteiger partial charge in [0, 0.05) is 18.2 Å². The molecule has 0 saturated heterocycles. The van der Waals surface area contributed by atoms with Crippen LogP contribution in [-0.2, 0) is 9.84 Å². The van der Waals surface area contributed by atoms with E-state index in [1.807, 2.05) is 0 Å². The van der Waals surface area contributed by atoms with Gasteiger partial charge in [-0.15, -0.1) is 0 Å². The predicted octanol–water partition coefficient (Wildman–Crippen LogP) is 4.05. The lowest BCUT2D eigenvalue weighted by atomic mass is 10.2. The van der Waals surface area contributed by atoms with Crippen LogP contribution < -0.4 is 4.74 Å². The van der Waals surface area contributed by atoms with E-state index in [1.54, 1.807) is 30.3 Å².